The van der Waals surface area contributed by atoms with Gasteiger partial charge in [-0.05, 0) is 72.0 Å². The predicted molar refractivity (Wildman–Crippen MR) is 221 cm³/mol. The first kappa shape index (κ1) is 53.8. The second-order valence-electron chi connectivity index (χ2n) is 17.9. The molecular formula is C44H71NO18. The molecule has 0 saturated carbocycles. The summed E-state index contributed by atoms with van der Waals surface area (Å²) in [4.78, 5) is 76.6. The molecule has 0 aromatic heterocycles. The van der Waals surface area contributed by atoms with Gasteiger partial charge in [0.1, 0.15) is 48.5 Å². The Balaban J connectivity index is 2.02. The number of hydrogen-bond donors (Lipinski definition) is 3. The van der Waals surface area contributed by atoms with Crippen LogP contribution in [0.15, 0.2) is 12.2 Å². The highest BCUT2D eigenvalue weighted by molar-refractivity contribution is 5.76. The van der Waals surface area contributed by atoms with E-state index >= 15 is 0 Å². The van der Waals surface area contributed by atoms with Gasteiger partial charge in [-0.25, -0.2) is 0 Å². The predicted octanol–water partition coefficient (Wildman–Crippen LogP) is 2.87. The summed E-state index contributed by atoms with van der Waals surface area (Å²) in [5, 5.41) is 32.8. The van der Waals surface area contributed by atoms with Gasteiger partial charge in [0.05, 0.1) is 43.6 Å². The Hall–Kier alpha value is -3.56. The van der Waals surface area contributed by atoms with E-state index in [9.17, 15) is 39.0 Å². The normalized spacial score (nSPS) is 37.6. The van der Waals surface area contributed by atoms with Crippen LogP contribution in [-0.4, -0.2) is 163 Å². The standard InChI is InChI=1S/C44H71NO18/c1-23(2)19-34(51)61-42-27(6)57-36(22-44(42,8)54)62-39-26(5)58-43(38(53)37(39)45(9)10)63-40-29(17-18-46)20-24(3)30(60-33(50)16-15-32(48)49)14-12-13-25(4)56-35(52)21-31(41(40)55-11)59-28(7)47/h12,14,18,23-27,29-31,36-43,53-54H,13,15-17,19-22H2,1-11H3,(H,48,49)/b14-12+/t24-,25-,26-,27+,29+,30+,31-,36+,37-,38-,39-,40?,41+,42+,43+,44-/m1/s1. The largest absolute Gasteiger partial charge is 0.481 e. The molecular weight excluding hydrogens is 830 g/mol. The van der Waals surface area contributed by atoms with Gasteiger partial charge in [0.15, 0.2) is 18.7 Å². The van der Waals surface area contributed by atoms with Crippen LogP contribution in [0.25, 0.3) is 0 Å². The van der Waals surface area contributed by atoms with Crippen molar-refractivity contribution in [2.45, 2.75) is 192 Å². The maximum absolute atomic E-state index is 13.3. The second kappa shape index (κ2) is 24.7. The fraction of sp³-hybridized carbons (Fsp3) is 0.818. The van der Waals surface area contributed by atoms with Crippen molar-refractivity contribution < 1.29 is 86.7 Å². The van der Waals surface area contributed by atoms with Crippen molar-refractivity contribution in [3.05, 3.63) is 12.2 Å². The Labute approximate surface area is 370 Å². The van der Waals surface area contributed by atoms with Gasteiger partial charge >= 0.3 is 29.8 Å². The number of cyclic esters (lactones) is 1. The molecule has 19 nitrogen and oxygen atoms in total. The first-order valence-corrected chi connectivity index (χ1v) is 21.8. The van der Waals surface area contributed by atoms with Crippen molar-refractivity contribution in [2.24, 2.45) is 17.8 Å². The molecule has 2 fully saturated rings. The van der Waals surface area contributed by atoms with Gasteiger partial charge in [-0.1, -0.05) is 26.8 Å². The van der Waals surface area contributed by atoms with E-state index in [1.165, 1.54) is 7.11 Å². The molecule has 360 valence electrons. The van der Waals surface area contributed by atoms with Crippen LogP contribution in [0.4, 0.5) is 0 Å². The molecule has 3 aliphatic rings. The van der Waals surface area contributed by atoms with E-state index in [0.717, 1.165) is 6.92 Å². The van der Waals surface area contributed by atoms with Crippen molar-refractivity contribution >= 4 is 36.1 Å². The topological polar surface area (TPSA) is 249 Å². The highest BCUT2D eigenvalue weighted by Gasteiger charge is 2.53. The van der Waals surface area contributed by atoms with Crippen molar-refractivity contribution in [2.75, 3.05) is 21.2 Å². The third-order valence-corrected chi connectivity index (χ3v) is 11.5. The van der Waals surface area contributed by atoms with Crippen LogP contribution < -0.4 is 0 Å². The van der Waals surface area contributed by atoms with Gasteiger partial charge in [-0.15, -0.1) is 0 Å². The van der Waals surface area contributed by atoms with E-state index in [-0.39, 0.29) is 44.4 Å². The van der Waals surface area contributed by atoms with Gasteiger partial charge in [0.25, 0.3) is 0 Å². The number of likely N-dealkylation sites (N-methyl/N-ethyl adjacent to an activating group) is 1. The SMILES string of the molecule is CO[C@@H]1C(O[C@@H]2O[C@H](C)[C@@H](O[C@H]3C[C@@](C)(O)[C@@H](OC(=O)CC(C)C)[C@H](C)O3)[C@H](N(C)C)[C@H]2O)[C@@H](CC=O)C[C@@H](C)[C@@H](OC(=O)CCC(=O)O)/C=C/C[C@@H](C)OC(=O)C[C@H]1OC(C)=O. The summed E-state index contributed by atoms with van der Waals surface area (Å²) < 4.78 is 54.4. The number of esters is 4. The van der Waals surface area contributed by atoms with Crippen LogP contribution in [0.2, 0.25) is 0 Å². The summed E-state index contributed by atoms with van der Waals surface area (Å²) in [5.74, 6) is -5.17. The molecule has 16 atom stereocenters. The minimum atomic E-state index is -1.54. The fourth-order valence-corrected chi connectivity index (χ4v) is 8.53. The summed E-state index contributed by atoms with van der Waals surface area (Å²) in [6.07, 6.45) is -9.81. The Morgan fingerprint density at radius 3 is 2.22 bits per heavy atom. The van der Waals surface area contributed by atoms with E-state index < -0.39 is 140 Å². The molecule has 3 N–H and O–H groups in total. The number of methoxy groups -OCH3 is 1. The Kier molecular flexibility index (Phi) is 21.0. The molecule has 19 heteroatoms. The number of aliphatic carboxylic acids is 1. The van der Waals surface area contributed by atoms with E-state index in [2.05, 4.69) is 0 Å². The van der Waals surface area contributed by atoms with Gasteiger partial charge in [0.2, 0.25) is 0 Å². The number of rotatable bonds is 16. The molecule has 3 aliphatic heterocycles. The lowest BCUT2D eigenvalue weighted by atomic mass is 9.82. The maximum Gasteiger partial charge on any atom is 0.309 e. The van der Waals surface area contributed by atoms with Crippen molar-refractivity contribution in [1.29, 1.82) is 0 Å². The summed E-state index contributed by atoms with van der Waals surface area (Å²) in [6.45, 7) is 13.3. The summed E-state index contributed by atoms with van der Waals surface area (Å²) in [7, 11) is 4.75. The van der Waals surface area contributed by atoms with Crippen LogP contribution >= 0.6 is 0 Å². The van der Waals surface area contributed by atoms with Crippen LogP contribution in [0.3, 0.4) is 0 Å². The minimum absolute atomic E-state index is 0.0510. The molecule has 63 heavy (non-hydrogen) atoms. The quantitative estimate of drug-likeness (QED) is 0.0872. The lowest BCUT2D eigenvalue weighted by Crippen LogP contribution is -2.66. The lowest BCUT2D eigenvalue weighted by molar-refractivity contribution is -0.344. The fourth-order valence-electron chi connectivity index (χ4n) is 8.53. The first-order chi connectivity index (χ1) is 29.5. The molecule has 1 unspecified atom stereocenters. The van der Waals surface area contributed by atoms with E-state index in [1.54, 1.807) is 65.8 Å². The zero-order valence-electron chi connectivity index (χ0n) is 38.5. The van der Waals surface area contributed by atoms with Crippen molar-refractivity contribution in [3.63, 3.8) is 0 Å². The third-order valence-electron chi connectivity index (χ3n) is 11.5. The number of nitrogens with zero attached hydrogens (tertiary/aromatic N) is 1. The number of carbonyl (C=O) groups is 6. The maximum atomic E-state index is 13.3. The molecule has 2 saturated heterocycles. The zero-order valence-corrected chi connectivity index (χ0v) is 38.5. The Morgan fingerprint density at radius 2 is 1.65 bits per heavy atom. The molecule has 3 heterocycles. The molecule has 0 spiro atoms. The molecule has 0 aromatic rings. The summed E-state index contributed by atoms with van der Waals surface area (Å²) >= 11 is 0. The van der Waals surface area contributed by atoms with Gasteiger partial charge in [0, 0.05) is 39.7 Å². The van der Waals surface area contributed by atoms with Crippen molar-refractivity contribution in [3.8, 4) is 0 Å². The van der Waals surface area contributed by atoms with E-state index in [0.29, 0.717) is 6.29 Å². The smallest absolute Gasteiger partial charge is 0.309 e. The number of aldehydes is 1. The van der Waals surface area contributed by atoms with Crippen LogP contribution in [0, 0.1) is 17.8 Å². The van der Waals surface area contributed by atoms with Crippen LogP contribution in [-0.2, 0) is 71.4 Å². The highest BCUT2D eigenvalue weighted by atomic mass is 16.7. The van der Waals surface area contributed by atoms with Gasteiger partial charge in [-0.2, -0.15) is 0 Å². The number of aliphatic hydroxyl groups excluding tert-OH is 1. The van der Waals surface area contributed by atoms with Crippen LogP contribution in [0.1, 0.15) is 107 Å². The molecule has 0 amide bonds. The van der Waals surface area contributed by atoms with Gasteiger partial charge < -0.3 is 67.6 Å². The van der Waals surface area contributed by atoms with Gasteiger partial charge in [-0.3, -0.25) is 24.0 Å². The third kappa shape index (κ3) is 16.1. The molecule has 0 aromatic carbocycles. The first-order valence-electron chi connectivity index (χ1n) is 21.8. The van der Waals surface area contributed by atoms with E-state index in [1.807, 2.05) is 13.8 Å². The average molecular weight is 902 g/mol. The minimum Gasteiger partial charge on any atom is -0.481 e. The number of hydrogen-bond acceptors (Lipinski definition) is 18. The lowest BCUT2D eigenvalue weighted by Gasteiger charge is -2.50. The Bertz CT molecular complexity index is 1550. The highest BCUT2D eigenvalue weighted by Crippen LogP contribution is 2.38. The van der Waals surface area contributed by atoms with Crippen LogP contribution in [0.5, 0.6) is 0 Å². The molecule has 0 radical (unpaired) electrons. The molecule has 3 rings (SSSR count). The average Bonchev–Trinajstić information content (AvgIpc) is 3.15. The zero-order chi connectivity index (χ0) is 47.3. The van der Waals surface area contributed by atoms with Crippen molar-refractivity contribution in [1.82, 2.24) is 4.90 Å². The number of carboxylic acid groups (broad SMARTS) is 1. The molecule has 0 aliphatic carbocycles. The Morgan fingerprint density at radius 1 is 0.968 bits per heavy atom. The number of carbonyl (C=O) groups excluding carboxylic acids is 5. The van der Waals surface area contributed by atoms with E-state index in [4.69, 9.17) is 47.7 Å². The number of ether oxygens (including phenoxy) is 9. The number of carboxylic acids is 1. The number of aliphatic hydroxyl groups is 2. The second-order valence-corrected chi connectivity index (χ2v) is 17.9. The summed E-state index contributed by atoms with van der Waals surface area (Å²) in [5.41, 5.74) is -1.54. The monoisotopic (exact) mass is 901 g/mol. The molecule has 0 bridgehead atoms. The summed E-state index contributed by atoms with van der Waals surface area (Å²) in [6, 6.07) is -0.840.